The summed E-state index contributed by atoms with van der Waals surface area (Å²) in [7, 11) is 0. The van der Waals surface area contributed by atoms with E-state index in [0.717, 1.165) is 31.2 Å². The molecule has 0 saturated carbocycles. The second-order valence-electron chi connectivity index (χ2n) is 5.32. The number of thiophene rings is 1. The van der Waals surface area contributed by atoms with Crippen molar-refractivity contribution < 1.29 is 9.53 Å². The van der Waals surface area contributed by atoms with Gasteiger partial charge in [0.1, 0.15) is 16.8 Å². The molecule has 1 aliphatic carbocycles. The first-order valence-electron chi connectivity index (χ1n) is 7.40. The molecule has 1 N–H and O–H groups in total. The Bertz CT molecular complexity index is 779. The maximum Gasteiger partial charge on any atom is 0.262 e. The fourth-order valence-corrected chi connectivity index (χ4v) is 4.08. The highest BCUT2D eigenvalue weighted by Gasteiger charge is 2.21. The van der Waals surface area contributed by atoms with Gasteiger partial charge in [-0.2, -0.15) is 5.26 Å². The van der Waals surface area contributed by atoms with Crippen LogP contribution in [0.2, 0.25) is 5.02 Å². The number of nitriles is 1. The van der Waals surface area contributed by atoms with Crippen LogP contribution in [0.15, 0.2) is 24.3 Å². The Morgan fingerprint density at radius 2 is 2.22 bits per heavy atom. The van der Waals surface area contributed by atoms with Gasteiger partial charge in [-0.15, -0.1) is 11.3 Å². The summed E-state index contributed by atoms with van der Waals surface area (Å²) >= 11 is 7.38. The number of fused-ring (bicyclic) bond motifs is 1. The Labute approximate surface area is 143 Å². The standard InChI is InChI=1S/C17H15ClN2O2S/c18-11-4-3-5-12(8-11)22-10-16(21)20-17-14(9-19)13-6-1-2-7-15(13)23-17/h3-5,8H,1-2,6-7,10H2,(H,20,21). The molecule has 1 aromatic carbocycles. The molecule has 118 valence electrons. The zero-order chi connectivity index (χ0) is 16.2. The molecule has 1 aromatic heterocycles. The van der Waals surface area contributed by atoms with Gasteiger partial charge in [0.2, 0.25) is 0 Å². The molecule has 0 atom stereocenters. The van der Waals surface area contributed by atoms with Crippen molar-refractivity contribution in [3.63, 3.8) is 0 Å². The third kappa shape index (κ3) is 3.66. The van der Waals surface area contributed by atoms with Crippen molar-refractivity contribution in [2.45, 2.75) is 25.7 Å². The van der Waals surface area contributed by atoms with E-state index in [1.54, 1.807) is 24.3 Å². The topological polar surface area (TPSA) is 62.1 Å². The molecule has 0 bridgehead atoms. The van der Waals surface area contributed by atoms with Gasteiger partial charge >= 0.3 is 0 Å². The molecule has 4 nitrogen and oxygen atoms in total. The van der Waals surface area contributed by atoms with Crippen LogP contribution < -0.4 is 10.1 Å². The van der Waals surface area contributed by atoms with Crippen molar-refractivity contribution >= 4 is 33.8 Å². The molecule has 0 fully saturated rings. The highest BCUT2D eigenvalue weighted by Crippen LogP contribution is 2.37. The minimum Gasteiger partial charge on any atom is -0.484 e. The van der Waals surface area contributed by atoms with Crippen molar-refractivity contribution in [3.05, 3.63) is 45.3 Å². The van der Waals surface area contributed by atoms with Gasteiger partial charge in [-0.25, -0.2) is 0 Å². The van der Waals surface area contributed by atoms with Gasteiger partial charge in [-0.05, 0) is 49.4 Å². The predicted molar refractivity (Wildman–Crippen MR) is 91.3 cm³/mol. The van der Waals surface area contributed by atoms with Crippen LogP contribution in [0.5, 0.6) is 5.75 Å². The first-order valence-corrected chi connectivity index (χ1v) is 8.59. The number of nitrogens with zero attached hydrogens (tertiary/aromatic N) is 1. The molecule has 23 heavy (non-hydrogen) atoms. The van der Waals surface area contributed by atoms with Crippen LogP contribution in [0.4, 0.5) is 5.00 Å². The van der Waals surface area contributed by atoms with Crippen LogP contribution in [0.1, 0.15) is 28.8 Å². The quantitative estimate of drug-likeness (QED) is 0.903. The maximum atomic E-state index is 12.1. The summed E-state index contributed by atoms with van der Waals surface area (Å²) in [6.07, 6.45) is 4.15. The number of carbonyl (C=O) groups is 1. The molecule has 0 saturated heterocycles. The Morgan fingerprint density at radius 3 is 3.00 bits per heavy atom. The lowest BCUT2D eigenvalue weighted by atomic mass is 9.96. The third-order valence-electron chi connectivity index (χ3n) is 3.70. The van der Waals surface area contributed by atoms with E-state index in [9.17, 15) is 10.1 Å². The van der Waals surface area contributed by atoms with Crippen LogP contribution >= 0.6 is 22.9 Å². The van der Waals surface area contributed by atoms with Gasteiger partial charge in [-0.1, -0.05) is 17.7 Å². The molecule has 1 heterocycles. The maximum absolute atomic E-state index is 12.1. The summed E-state index contributed by atoms with van der Waals surface area (Å²) in [5, 5.41) is 13.4. The molecule has 6 heteroatoms. The van der Waals surface area contributed by atoms with E-state index in [-0.39, 0.29) is 12.5 Å². The van der Waals surface area contributed by atoms with E-state index >= 15 is 0 Å². The number of carbonyl (C=O) groups excluding carboxylic acids is 1. The van der Waals surface area contributed by atoms with Gasteiger partial charge < -0.3 is 10.1 Å². The molecular formula is C17H15ClN2O2S. The summed E-state index contributed by atoms with van der Waals surface area (Å²) in [5.74, 6) is 0.263. The fraction of sp³-hybridized carbons (Fsp3) is 0.294. The summed E-state index contributed by atoms with van der Waals surface area (Å²) in [5.41, 5.74) is 1.72. The largest absolute Gasteiger partial charge is 0.484 e. The van der Waals surface area contributed by atoms with E-state index in [4.69, 9.17) is 16.3 Å². The minimum absolute atomic E-state index is 0.117. The van der Waals surface area contributed by atoms with E-state index in [1.807, 2.05) is 0 Å². The lowest BCUT2D eigenvalue weighted by Crippen LogP contribution is -2.20. The Morgan fingerprint density at radius 1 is 1.39 bits per heavy atom. The van der Waals surface area contributed by atoms with E-state index in [2.05, 4.69) is 11.4 Å². The Balaban J connectivity index is 1.66. The van der Waals surface area contributed by atoms with Gasteiger partial charge in [0.05, 0.1) is 5.56 Å². The number of hydrogen-bond donors (Lipinski definition) is 1. The highest BCUT2D eigenvalue weighted by atomic mass is 35.5. The number of rotatable bonds is 4. The van der Waals surface area contributed by atoms with Crippen LogP contribution in [0, 0.1) is 11.3 Å². The summed E-state index contributed by atoms with van der Waals surface area (Å²) < 4.78 is 5.42. The van der Waals surface area contributed by atoms with Crippen molar-refractivity contribution in [2.75, 3.05) is 11.9 Å². The fourth-order valence-electron chi connectivity index (χ4n) is 2.64. The van der Waals surface area contributed by atoms with Gasteiger partial charge in [0.15, 0.2) is 6.61 Å². The van der Waals surface area contributed by atoms with Gasteiger partial charge in [0.25, 0.3) is 5.91 Å². The zero-order valence-corrected chi connectivity index (χ0v) is 14.0. The van der Waals surface area contributed by atoms with Gasteiger partial charge in [-0.3, -0.25) is 4.79 Å². The van der Waals surface area contributed by atoms with Gasteiger partial charge in [0, 0.05) is 9.90 Å². The molecule has 0 unspecified atom stereocenters. The van der Waals surface area contributed by atoms with Crippen molar-refractivity contribution in [2.24, 2.45) is 0 Å². The van der Waals surface area contributed by atoms with Crippen molar-refractivity contribution in [1.29, 1.82) is 5.26 Å². The number of hydrogen-bond acceptors (Lipinski definition) is 4. The summed E-state index contributed by atoms with van der Waals surface area (Å²) in [6, 6.07) is 9.12. The van der Waals surface area contributed by atoms with Crippen LogP contribution in [0.25, 0.3) is 0 Å². The molecule has 0 spiro atoms. The molecule has 1 aliphatic rings. The molecular weight excluding hydrogens is 332 g/mol. The Kier molecular flexibility index (Phi) is 4.85. The molecule has 1 amide bonds. The lowest BCUT2D eigenvalue weighted by Gasteiger charge is -2.09. The zero-order valence-electron chi connectivity index (χ0n) is 12.4. The lowest BCUT2D eigenvalue weighted by molar-refractivity contribution is -0.118. The predicted octanol–water partition coefficient (Wildman–Crippen LogP) is 4.17. The number of halogens is 1. The second kappa shape index (κ2) is 7.03. The number of benzene rings is 1. The minimum atomic E-state index is -0.278. The number of aryl methyl sites for hydroxylation is 1. The normalized spacial score (nSPS) is 13.0. The first kappa shape index (κ1) is 15.9. The van der Waals surface area contributed by atoms with Crippen molar-refractivity contribution in [1.82, 2.24) is 0 Å². The number of ether oxygens (including phenoxy) is 1. The average molecular weight is 347 g/mol. The molecule has 0 aliphatic heterocycles. The highest BCUT2D eigenvalue weighted by molar-refractivity contribution is 7.16. The Hall–Kier alpha value is -2.03. The van der Waals surface area contributed by atoms with E-state index < -0.39 is 0 Å². The number of nitrogens with one attached hydrogen (secondary N) is 1. The van der Waals surface area contributed by atoms with Crippen molar-refractivity contribution in [3.8, 4) is 11.8 Å². The van der Waals surface area contributed by atoms with E-state index in [0.29, 0.717) is 21.3 Å². The van der Waals surface area contributed by atoms with E-state index in [1.165, 1.54) is 16.2 Å². The van der Waals surface area contributed by atoms with Crippen LogP contribution in [0.3, 0.4) is 0 Å². The molecule has 3 rings (SSSR count). The number of anilines is 1. The molecule has 2 aromatic rings. The number of amides is 1. The van der Waals surface area contributed by atoms with Crippen LogP contribution in [-0.2, 0) is 17.6 Å². The average Bonchev–Trinajstić information content (AvgIpc) is 2.90. The van der Waals surface area contributed by atoms with Crippen LogP contribution in [-0.4, -0.2) is 12.5 Å². The third-order valence-corrected chi connectivity index (χ3v) is 5.14. The summed E-state index contributed by atoms with van der Waals surface area (Å²) in [6.45, 7) is -0.117. The molecule has 0 radical (unpaired) electrons. The smallest absolute Gasteiger partial charge is 0.262 e. The monoisotopic (exact) mass is 346 g/mol. The summed E-state index contributed by atoms with van der Waals surface area (Å²) in [4.78, 5) is 13.3. The second-order valence-corrected chi connectivity index (χ2v) is 6.86. The first-order chi connectivity index (χ1) is 11.2. The SMILES string of the molecule is N#Cc1c(NC(=O)COc2cccc(Cl)c2)sc2c1CCCC2.